The lowest BCUT2D eigenvalue weighted by atomic mass is 10.0. The number of hydrogen-bond acceptors (Lipinski definition) is 2. The van der Waals surface area contributed by atoms with E-state index in [2.05, 4.69) is 0 Å². The van der Waals surface area contributed by atoms with Crippen molar-refractivity contribution in [3.63, 3.8) is 0 Å². The van der Waals surface area contributed by atoms with Gasteiger partial charge >= 0.3 is 0 Å². The standard InChI is InChI=1S/C19H28O2/c20-16-12-7-5-3-1-2-4-6-11-15-19(21)17-18-13-9-8-10-14-18/h8-10,13-14,16H,1-7,11-12,15,17H2. The summed E-state index contributed by atoms with van der Waals surface area (Å²) >= 11 is 0. The van der Waals surface area contributed by atoms with Crippen molar-refractivity contribution in [3.05, 3.63) is 35.9 Å². The third-order valence-corrected chi connectivity index (χ3v) is 3.77. The Balaban J connectivity index is 1.90. The molecule has 0 aliphatic heterocycles. The Morgan fingerprint density at radius 3 is 2.00 bits per heavy atom. The SMILES string of the molecule is O=CCCCCCCCCCCC(=O)Cc1ccccc1. The molecule has 0 heterocycles. The van der Waals surface area contributed by atoms with Crippen LogP contribution in [0.4, 0.5) is 0 Å². The van der Waals surface area contributed by atoms with Crippen molar-refractivity contribution in [1.82, 2.24) is 0 Å². The molecule has 116 valence electrons. The van der Waals surface area contributed by atoms with Crippen LogP contribution in [-0.4, -0.2) is 12.1 Å². The average Bonchev–Trinajstić information content (AvgIpc) is 2.50. The van der Waals surface area contributed by atoms with Crippen molar-refractivity contribution >= 4 is 12.1 Å². The Hall–Kier alpha value is -1.44. The first kappa shape index (κ1) is 17.6. The monoisotopic (exact) mass is 288 g/mol. The summed E-state index contributed by atoms with van der Waals surface area (Å²) in [5.41, 5.74) is 1.12. The molecule has 1 rings (SSSR count). The molecule has 1 aromatic rings. The number of Topliss-reactive ketones (excluding diaryl/α,β-unsaturated/α-hetero) is 1. The maximum atomic E-state index is 11.8. The van der Waals surface area contributed by atoms with Gasteiger partial charge < -0.3 is 4.79 Å². The van der Waals surface area contributed by atoms with E-state index >= 15 is 0 Å². The number of benzene rings is 1. The van der Waals surface area contributed by atoms with E-state index in [4.69, 9.17) is 0 Å². The molecule has 2 nitrogen and oxygen atoms in total. The molecule has 0 aliphatic carbocycles. The Morgan fingerprint density at radius 1 is 0.810 bits per heavy atom. The van der Waals surface area contributed by atoms with Gasteiger partial charge in [-0.2, -0.15) is 0 Å². The van der Waals surface area contributed by atoms with Gasteiger partial charge in [-0.1, -0.05) is 68.9 Å². The average molecular weight is 288 g/mol. The maximum absolute atomic E-state index is 11.8. The second kappa shape index (κ2) is 12.3. The summed E-state index contributed by atoms with van der Waals surface area (Å²) in [5.74, 6) is 0.357. The zero-order valence-corrected chi connectivity index (χ0v) is 13.1. The molecule has 1 aromatic carbocycles. The minimum absolute atomic E-state index is 0.357. The van der Waals surface area contributed by atoms with Crippen LogP contribution in [0.2, 0.25) is 0 Å². The summed E-state index contributed by atoms with van der Waals surface area (Å²) in [5, 5.41) is 0. The van der Waals surface area contributed by atoms with E-state index in [1.807, 2.05) is 30.3 Å². The van der Waals surface area contributed by atoms with Crippen LogP contribution >= 0.6 is 0 Å². The molecule has 0 radical (unpaired) electrons. The summed E-state index contributed by atoms with van der Waals surface area (Å²) in [6.45, 7) is 0. The van der Waals surface area contributed by atoms with Gasteiger partial charge in [0.25, 0.3) is 0 Å². The molecule has 21 heavy (non-hydrogen) atoms. The molecule has 0 N–H and O–H groups in total. The Bertz CT molecular complexity index is 384. The summed E-state index contributed by atoms with van der Waals surface area (Å²) in [7, 11) is 0. The van der Waals surface area contributed by atoms with Crippen LogP contribution in [0.15, 0.2) is 30.3 Å². The number of ketones is 1. The molecule has 0 spiro atoms. The normalized spacial score (nSPS) is 10.5. The molecular weight excluding hydrogens is 260 g/mol. The Morgan fingerprint density at radius 2 is 1.38 bits per heavy atom. The molecule has 0 saturated heterocycles. The third kappa shape index (κ3) is 10.0. The van der Waals surface area contributed by atoms with Crippen molar-refractivity contribution in [3.8, 4) is 0 Å². The van der Waals surface area contributed by atoms with Gasteiger partial charge in [-0.3, -0.25) is 4.79 Å². The van der Waals surface area contributed by atoms with E-state index in [9.17, 15) is 9.59 Å². The highest BCUT2D eigenvalue weighted by Gasteiger charge is 2.03. The van der Waals surface area contributed by atoms with Crippen molar-refractivity contribution in [2.75, 3.05) is 0 Å². The second-order valence-electron chi connectivity index (χ2n) is 5.73. The molecule has 0 amide bonds. The number of hydrogen-bond donors (Lipinski definition) is 0. The van der Waals surface area contributed by atoms with Gasteiger partial charge in [0, 0.05) is 19.3 Å². The molecule has 0 aliphatic rings. The quantitative estimate of drug-likeness (QED) is 0.382. The van der Waals surface area contributed by atoms with E-state index in [0.717, 1.165) is 31.1 Å². The van der Waals surface area contributed by atoms with Crippen LogP contribution in [0.3, 0.4) is 0 Å². The van der Waals surface area contributed by atoms with Gasteiger partial charge in [-0.25, -0.2) is 0 Å². The summed E-state index contributed by atoms with van der Waals surface area (Å²) < 4.78 is 0. The van der Waals surface area contributed by atoms with E-state index in [1.54, 1.807) is 0 Å². The maximum Gasteiger partial charge on any atom is 0.137 e. The van der Waals surface area contributed by atoms with Crippen molar-refractivity contribution in [2.24, 2.45) is 0 Å². The minimum Gasteiger partial charge on any atom is -0.303 e. The first-order valence-corrected chi connectivity index (χ1v) is 8.32. The molecular formula is C19H28O2. The zero-order valence-electron chi connectivity index (χ0n) is 13.1. The Kier molecular flexibility index (Phi) is 10.3. The van der Waals surface area contributed by atoms with Crippen LogP contribution < -0.4 is 0 Å². The predicted molar refractivity (Wildman–Crippen MR) is 87.4 cm³/mol. The first-order valence-electron chi connectivity index (χ1n) is 8.32. The highest BCUT2D eigenvalue weighted by Crippen LogP contribution is 2.11. The van der Waals surface area contributed by atoms with E-state index < -0.39 is 0 Å². The number of rotatable bonds is 13. The Labute approximate surface area is 128 Å². The smallest absolute Gasteiger partial charge is 0.137 e. The van der Waals surface area contributed by atoms with Crippen molar-refractivity contribution in [1.29, 1.82) is 0 Å². The molecule has 0 atom stereocenters. The van der Waals surface area contributed by atoms with Gasteiger partial charge in [-0.05, 0) is 18.4 Å². The number of carbonyl (C=O) groups is 2. The summed E-state index contributed by atoms with van der Waals surface area (Å²) in [4.78, 5) is 22.0. The number of unbranched alkanes of at least 4 members (excludes halogenated alkanes) is 8. The fourth-order valence-corrected chi connectivity index (χ4v) is 2.52. The predicted octanol–water partition coefficient (Wildman–Crippen LogP) is 4.90. The number of carbonyl (C=O) groups excluding carboxylic acids is 2. The van der Waals surface area contributed by atoms with Gasteiger partial charge in [0.05, 0.1) is 0 Å². The summed E-state index contributed by atoms with van der Waals surface area (Å²) in [6.07, 6.45) is 12.4. The van der Waals surface area contributed by atoms with Crippen LogP contribution in [0.5, 0.6) is 0 Å². The fraction of sp³-hybridized carbons (Fsp3) is 0.579. The molecule has 0 bridgehead atoms. The second-order valence-corrected chi connectivity index (χ2v) is 5.73. The van der Waals surface area contributed by atoms with Crippen LogP contribution in [0.1, 0.15) is 69.8 Å². The summed E-state index contributed by atoms with van der Waals surface area (Å²) in [6, 6.07) is 9.98. The van der Waals surface area contributed by atoms with E-state index in [0.29, 0.717) is 25.0 Å². The topological polar surface area (TPSA) is 34.1 Å². The highest BCUT2D eigenvalue weighted by molar-refractivity contribution is 5.80. The highest BCUT2D eigenvalue weighted by atomic mass is 16.1. The van der Waals surface area contributed by atoms with Gasteiger partial charge in [0.2, 0.25) is 0 Å². The lowest BCUT2D eigenvalue weighted by Crippen LogP contribution is -2.02. The first-order chi connectivity index (χ1) is 10.3. The lowest BCUT2D eigenvalue weighted by Gasteiger charge is -2.03. The molecule has 0 aromatic heterocycles. The lowest BCUT2D eigenvalue weighted by molar-refractivity contribution is -0.118. The fourth-order valence-electron chi connectivity index (χ4n) is 2.52. The largest absolute Gasteiger partial charge is 0.303 e. The molecule has 2 heteroatoms. The van der Waals surface area contributed by atoms with E-state index in [1.165, 1.54) is 32.1 Å². The molecule has 0 fully saturated rings. The van der Waals surface area contributed by atoms with Crippen LogP contribution in [0.25, 0.3) is 0 Å². The van der Waals surface area contributed by atoms with Gasteiger partial charge in [0.15, 0.2) is 0 Å². The van der Waals surface area contributed by atoms with Crippen LogP contribution in [-0.2, 0) is 16.0 Å². The molecule has 0 unspecified atom stereocenters. The van der Waals surface area contributed by atoms with Gasteiger partial charge in [0.1, 0.15) is 12.1 Å². The zero-order chi connectivity index (χ0) is 15.2. The third-order valence-electron chi connectivity index (χ3n) is 3.77. The van der Waals surface area contributed by atoms with Crippen LogP contribution in [0, 0.1) is 0 Å². The van der Waals surface area contributed by atoms with E-state index in [-0.39, 0.29) is 0 Å². The molecule has 0 saturated carbocycles. The van der Waals surface area contributed by atoms with Gasteiger partial charge in [-0.15, -0.1) is 0 Å². The minimum atomic E-state index is 0.357. The van der Waals surface area contributed by atoms with Crippen molar-refractivity contribution < 1.29 is 9.59 Å². The van der Waals surface area contributed by atoms with Crippen molar-refractivity contribution in [2.45, 2.75) is 70.6 Å². The number of aldehydes is 1.